The van der Waals surface area contributed by atoms with Crippen LogP contribution in [-0.2, 0) is 25.5 Å². The molecule has 2 aromatic carbocycles. The molecule has 0 bridgehead atoms. The standard InChI is InChI=1S/C23H27N3O4/c1-30-21(28)16-24-20(27)15-17-9-11-19(12-10-17)25-23(29)22(26-13-5-6-14-26)18-7-3-2-4-8-18/h2-4,7-12,22H,5-6,13-16H2,1H3,(H,24,27)(H,25,29). The van der Waals surface area contributed by atoms with Gasteiger partial charge in [-0.25, -0.2) is 0 Å². The highest BCUT2D eigenvalue weighted by molar-refractivity contribution is 5.95. The molecule has 1 unspecified atom stereocenters. The first kappa shape index (κ1) is 21.5. The number of anilines is 1. The van der Waals surface area contributed by atoms with Gasteiger partial charge in [-0.1, -0.05) is 42.5 Å². The summed E-state index contributed by atoms with van der Waals surface area (Å²) in [4.78, 5) is 38.3. The lowest BCUT2D eigenvalue weighted by Crippen LogP contribution is -2.35. The number of carbonyl (C=O) groups excluding carboxylic acids is 3. The number of methoxy groups -OCH3 is 1. The number of hydrogen-bond acceptors (Lipinski definition) is 5. The number of likely N-dealkylation sites (tertiary alicyclic amines) is 1. The molecule has 2 amide bonds. The molecule has 0 aromatic heterocycles. The average molecular weight is 409 g/mol. The summed E-state index contributed by atoms with van der Waals surface area (Å²) in [6, 6.07) is 16.6. The first-order valence-electron chi connectivity index (χ1n) is 10.1. The van der Waals surface area contributed by atoms with E-state index in [1.165, 1.54) is 7.11 Å². The molecular formula is C23H27N3O4. The van der Waals surface area contributed by atoms with Crippen molar-refractivity contribution in [3.05, 3.63) is 65.7 Å². The van der Waals surface area contributed by atoms with Crippen LogP contribution in [0.5, 0.6) is 0 Å². The quantitative estimate of drug-likeness (QED) is 0.653. The van der Waals surface area contributed by atoms with Crippen LogP contribution < -0.4 is 10.6 Å². The van der Waals surface area contributed by atoms with Crippen LogP contribution in [0.2, 0.25) is 0 Å². The number of ether oxygens (including phenoxy) is 1. The fraction of sp³-hybridized carbons (Fsp3) is 0.348. The molecule has 7 nitrogen and oxygen atoms in total. The van der Waals surface area contributed by atoms with E-state index in [1.54, 1.807) is 24.3 Å². The Bertz CT molecular complexity index is 862. The Morgan fingerprint density at radius 3 is 2.30 bits per heavy atom. The Balaban J connectivity index is 1.61. The number of nitrogens with one attached hydrogen (secondary N) is 2. The van der Waals surface area contributed by atoms with Crippen molar-refractivity contribution in [2.75, 3.05) is 32.1 Å². The Kier molecular flexibility index (Phi) is 7.57. The van der Waals surface area contributed by atoms with Gasteiger partial charge in [0.15, 0.2) is 0 Å². The lowest BCUT2D eigenvalue weighted by molar-refractivity contribution is -0.141. The van der Waals surface area contributed by atoms with E-state index in [9.17, 15) is 14.4 Å². The van der Waals surface area contributed by atoms with E-state index in [2.05, 4.69) is 20.3 Å². The van der Waals surface area contributed by atoms with E-state index >= 15 is 0 Å². The normalized spacial score (nSPS) is 14.7. The van der Waals surface area contributed by atoms with Gasteiger partial charge in [-0.3, -0.25) is 19.3 Å². The highest BCUT2D eigenvalue weighted by Crippen LogP contribution is 2.26. The summed E-state index contributed by atoms with van der Waals surface area (Å²) in [7, 11) is 1.27. The molecular weight excluding hydrogens is 382 g/mol. The fourth-order valence-corrected chi connectivity index (χ4v) is 3.57. The second-order valence-corrected chi connectivity index (χ2v) is 7.27. The highest BCUT2D eigenvalue weighted by Gasteiger charge is 2.29. The van der Waals surface area contributed by atoms with Gasteiger partial charge in [0.1, 0.15) is 12.6 Å². The van der Waals surface area contributed by atoms with Crippen molar-refractivity contribution in [1.82, 2.24) is 10.2 Å². The Morgan fingerprint density at radius 2 is 1.67 bits per heavy atom. The third-order valence-corrected chi connectivity index (χ3v) is 5.11. The molecule has 7 heteroatoms. The predicted octanol–water partition coefficient (Wildman–Crippen LogP) is 2.29. The predicted molar refractivity (Wildman–Crippen MR) is 114 cm³/mol. The molecule has 1 heterocycles. The molecule has 0 spiro atoms. The average Bonchev–Trinajstić information content (AvgIpc) is 3.28. The molecule has 1 atom stereocenters. The minimum Gasteiger partial charge on any atom is -0.468 e. The first-order chi connectivity index (χ1) is 14.6. The van der Waals surface area contributed by atoms with Gasteiger partial charge >= 0.3 is 5.97 Å². The number of carbonyl (C=O) groups is 3. The van der Waals surface area contributed by atoms with Gasteiger partial charge in [-0.15, -0.1) is 0 Å². The van der Waals surface area contributed by atoms with Crippen molar-refractivity contribution in [2.24, 2.45) is 0 Å². The van der Waals surface area contributed by atoms with Crippen molar-refractivity contribution in [2.45, 2.75) is 25.3 Å². The van der Waals surface area contributed by atoms with E-state index in [0.717, 1.165) is 37.1 Å². The highest BCUT2D eigenvalue weighted by atomic mass is 16.5. The summed E-state index contributed by atoms with van der Waals surface area (Å²) in [6.45, 7) is 1.67. The van der Waals surface area contributed by atoms with Gasteiger partial charge in [0, 0.05) is 5.69 Å². The van der Waals surface area contributed by atoms with Gasteiger partial charge in [0.05, 0.1) is 13.5 Å². The maximum Gasteiger partial charge on any atom is 0.325 e. The maximum atomic E-state index is 13.1. The zero-order valence-electron chi connectivity index (χ0n) is 17.1. The molecule has 3 rings (SSSR count). The molecule has 2 N–H and O–H groups in total. The van der Waals surface area contributed by atoms with E-state index < -0.39 is 5.97 Å². The lowest BCUT2D eigenvalue weighted by atomic mass is 10.0. The van der Waals surface area contributed by atoms with Crippen LogP contribution in [-0.4, -0.2) is 49.4 Å². The zero-order valence-corrected chi connectivity index (χ0v) is 17.1. The van der Waals surface area contributed by atoms with Crippen LogP contribution in [0.1, 0.15) is 30.0 Å². The van der Waals surface area contributed by atoms with E-state index in [1.807, 2.05) is 30.3 Å². The van der Waals surface area contributed by atoms with Crippen molar-refractivity contribution in [1.29, 1.82) is 0 Å². The van der Waals surface area contributed by atoms with Crippen molar-refractivity contribution in [3.63, 3.8) is 0 Å². The molecule has 2 aromatic rings. The van der Waals surface area contributed by atoms with E-state index in [-0.39, 0.29) is 30.8 Å². The van der Waals surface area contributed by atoms with Crippen LogP contribution in [0.4, 0.5) is 5.69 Å². The molecule has 0 aliphatic carbocycles. The number of hydrogen-bond donors (Lipinski definition) is 2. The summed E-state index contributed by atoms with van der Waals surface area (Å²) in [6.07, 6.45) is 2.35. The van der Waals surface area contributed by atoms with Crippen LogP contribution in [0, 0.1) is 0 Å². The number of amides is 2. The van der Waals surface area contributed by atoms with Gasteiger partial charge in [-0.2, -0.15) is 0 Å². The van der Waals surface area contributed by atoms with Crippen molar-refractivity contribution in [3.8, 4) is 0 Å². The van der Waals surface area contributed by atoms with Crippen molar-refractivity contribution < 1.29 is 19.1 Å². The molecule has 30 heavy (non-hydrogen) atoms. The number of nitrogens with zero attached hydrogens (tertiary/aromatic N) is 1. The monoisotopic (exact) mass is 409 g/mol. The van der Waals surface area contributed by atoms with E-state index in [4.69, 9.17) is 0 Å². The Hall–Kier alpha value is -3.19. The minimum atomic E-state index is -0.493. The second-order valence-electron chi connectivity index (χ2n) is 7.27. The SMILES string of the molecule is COC(=O)CNC(=O)Cc1ccc(NC(=O)C(c2ccccc2)N2CCCC2)cc1. The van der Waals surface area contributed by atoms with Crippen LogP contribution in [0.25, 0.3) is 0 Å². The molecule has 1 saturated heterocycles. The summed E-state index contributed by atoms with van der Waals surface area (Å²) in [5, 5.41) is 5.51. The summed E-state index contributed by atoms with van der Waals surface area (Å²) < 4.78 is 4.49. The third kappa shape index (κ3) is 5.90. The molecule has 0 radical (unpaired) electrons. The summed E-state index contributed by atoms with van der Waals surface area (Å²) in [5.41, 5.74) is 2.45. The number of benzene rings is 2. The smallest absolute Gasteiger partial charge is 0.325 e. The Labute approximate surface area is 176 Å². The number of rotatable bonds is 8. The number of esters is 1. The van der Waals surface area contributed by atoms with Crippen molar-refractivity contribution >= 4 is 23.5 Å². The molecule has 1 aliphatic rings. The minimum absolute atomic E-state index is 0.0633. The van der Waals surface area contributed by atoms with Gasteiger partial charge in [0.2, 0.25) is 11.8 Å². The third-order valence-electron chi connectivity index (χ3n) is 5.11. The van der Waals surface area contributed by atoms with Gasteiger partial charge < -0.3 is 15.4 Å². The van der Waals surface area contributed by atoms with Crippen LogP contribution in [0.15, 0.2) is 54.6 Å². The summed E-state index contributed by atoms with van der Waals surface area (Å²) in [5.74, 6) is -0.825. The van der Waals surface area contributed by atoms with Crippen LogP contribution >= 0.6 is 0 Å². The molecule has 1 aliphatic heterocycles. The first-order valence-corrected chi connectivity index (χ1v) is 10.1. The van der Waals surface area contributed by atoms with Gasteiger partial charge in [0.25, 0.3) is 0 Å². The molecule has 0 saturated carbocycles. The maximum absolute atomic E-state index is 13.1. The second kappa shape index (κ2) is 10.5. The zero-order chi connectivity index (χ0) is 21.3. The van der Waals surface area contributed by atoms with Crippen LogP contribution in [0.3, 0.4) is 0 Å². The Morgan fingerprint density at radius 1 is 1.00 bits per heavy atom. The fourth-order valence-electron chi connectivity index (χ4n) is 3.57. The molecule has 158 valence electrons. The summed E-state index contributed by atoms with van der Waals surface area (Å²) >= 11 is 0. The molecule has 1 fully saturated rings. The van der Waals surface area contributed by atoms with Gasteiger partial charge in [-0.05, 0) is 49.2 Å². The lowest BCUT2D eigenvalue weighted by Gasteiger charge is -2.27. The van der Waals surface area contributed by atoms with E-state index in [0.29, 0.717) is 5.69 Å². The largest absolute Gasteiger partial charge is 0.468 e. The topological polar surface area (TPSA) is 87.7 Å².